The van der Waals surface area contributed by atoms with Crippen LogP contribution in [0, 0.1) is 5.82 Å². The first-order valence-electron chi connectivity index (χ1n) is 6.48. The van der Waals surface area contributed by atoms with Crippen LogP contribution in [0.4, 0.5) is 10.1 Å². The fourth-order valence-electron chi connectivity index (χ4n) is 1.55. The van der Waals surface area contributed by atoms with Crippen molar-refractivity contribution < 1.29 is 23.5 Å². The minimum absolute atomic E-state index is 0.236. The van der Waals surface area contributed by atoms with Gasteiger partial charge in [-0.05, 0) is 31.5 Å². The van der Waals surface area contributed by atoms with Gasteiger partial charge in [0.15, 0.2) is 6.10 Å². The van der Waals surface area contributed by atoms with Crippen molar-refractivity contribution in [2.75, 3.05) is 26.0 Å². The van der Waals surface area contributed by atoms with Gasteiger partial charge in [-0.25, -0.2) is 9.18 Å². The first kappa shape index (κ1) is 16.9. The number of ether oxygens (including phenoxy) is 2. The molecule has 0 saturated carbocycles. The Morgan fingerprint density at radius 1 is 1.43 bits per heavy atom. The molecule has 6 nitrogen and oxygen atoms in total. The first-order chi connectivity index (χ1) is 9.95. The Kier molecular flexibility index (Phi) is 6.61. The van der Waals surface area contributed by atoms with E-state index in [0.717, 1.165) is 6.07 Å². The van der Waals surface area contributed by atoms with Crippen LogP contribution in [0.3, 0.4) is 0 Å². The molecule has 1 amide bonds. The quantitative estimate of drug-likeness (QED) is 0.447. The standard InChI is InChI=1S/C14H19FN2O4/c1-9(13(18)17-6-3-7-20-2)21-14(19)11-8-10(16)4-5-12(11)15/h4-5,8-9H,3,6-7,16H2,1-2H3,(H,17,18). The van der Waals surface area contributed by atoms with Crippen LogP contribution in [-0.4, -0.2) is 38.2 Å². The average molecular weight is 298 g/mol. The SMILES string of the molecule is COCCCNC(=O)C(C)OC(=O)c1cc(N)ccc1F. The number of benzene rings is 1. The second-order valence-corrected chi connectivity index (χ2v) is 4.42. The zero-order chi connectivity index (χ0) is 15.8. The molecule has 0 aliphatic carbocycles. The van der Waals surface area contributed by atoms with Gasteiger partial charge >= 0.3 is 5.97 Å². The third kappa shape index (κ3) is 5.39. The van der Waals surface area contributed by atoms with Crippen LogP contribution in [0.15, 0.2) is 18.2 Å². The van der Waals surface area contributed by atoms with Crippen molar-refractivity contribution in [3.63, 3.8) is 0 Å². The minimum Gasteiger partial charge on any atom is -0.449 e. The molecule has 0 aliphatic rings. The molecule has 1 atom stereocenters. The van der Waals surface area contributed by atoms with Gasteiger partial charge < -0.3 is 20.5 Å². The molecule has 1 aromatic rings. The van der Waals surface area contributed by atoms with Gasteiger partial charge in [0.1, 0.15) is 5.82 Å². The molecule has 0 fully saturated rings. The molecule has 0 heterocycles. The summed E-state index contributed by atoms with van der Waals surface area (Å²) in [7, 11) is 1.56. The summed E-state index contributed by atoms with van der Waals surface area (Å²) in [5, 5.41) is 2.59. The van der Waals surface area contributed by atoms with E-state index in [1.54, 1.807) is 7.11 Å². The van der Waals surface area contributed by atoms with Gasteiger partial charge in [0.2, 0.25) is 0 Å². The van der Waals surface area contributed by atoms with Gasteiger partial charge in [0, 0.05) is 25.9 Å². The number of nitrogens with one attached hydrogen (secondary N) is 1. The zero-order valence-corrected chi connectivity index (χ0v) is 12.0. The fraction of sp³-hybridized carbons (Fsp3) is 0.429. The molecule has 21 heavy (non-hydrogen) atoms. The van der Waals surface area contributed by atoms with Gasteiger partial charge in [-0.2, -0.15) is 0 Å². The van der Waals surface area contributed by atoms with E-state index < -0.39 is 23.8 Å². The van der Waals surface area contributed by atoms with Gasteiger partial charge in [-0.3, -0.25) is 4.79 Å². The molecular weight excluding hydrogens is 279 g/mol. The van der Waals surface area contributed by atoms with Crippen molar-refractivity contribution in [1.82, 2.24) is 5.32 Å². The fourth-order valence-corrected chi connectivity index (χ4v) is 1.55. The molecule has 116 valence electrons. The number of carbonyl (C=O) groups excluding carboxylic acids is 2. The zero-order valence-electron chi connectivity index (χ0n) is 12.0. The number of anilines is 1. The summed E-state index contributed by atoms with van der Waals surface area (Å²) in [5.41, 5.74) is 5.42. The molecule has 1 unspecified atom stereocenters. The molecule has 0 aromatic heterocycles. The number of hydrogen-bond acceptors (Lipinski definition) is 5. The second kappa shape index (κ2) is 8.21. The lowest BCUT2D eigenvalue weighted by atomic mass is 10.2. The highest BCUT2D eigenvalue weighted by molar-refractivity contribution is 5.93. The topological polar surface area (TPSA) is 90.6 Å². The summed E-state index contributed by atoms with van der Waals surface area (Å²) in [6.07, 6.45) is -0.381. The van der Waals surface area contributed by atoms with Crippen LogP contribution in [-0.2, 0) is 14.3 Å². The largest absolute Gasteiger partial charge is 0.449 e. The average Bonchev–Trinajstić information content (AvgIpc) is 2.45. The summed E-state index contributed by atoms with van der Waals surface area (Å²) in [6, 6.07) is 3.57. The third-order valence-corrected chi connectivity index (χ3v) is 2.69. The molecular formula is C14H19FN2O4. The van der Waals surface area contributed by atoms with Crippen LogP contribution in [0.1, 0.15) is 23.7 Å². The molecule has 1 rings (SSSR count). The van der Waals surface area contributed by atoms with Crippen LogP contribution in [0.2, 0.25) is 0 Å². The lowest BCUT2D eigenvalue weighted by Gasteiger charge is -2.14. The Morgan fingerprint density at radius 3 is 2.81 bits per heavy atom. The van der Waals surface area contributed by atoms with Gasteiger partial charge in [0.05, 0.1) is 5.56 Å². The van der Waals surface area contributed by atoms with Crippen LogP contribution >= 0.6 is 0 Å². The van der Waals surface area contributed by atoms with E-state index in [-0.39, 0.29) is 11.3 Å². The van der Waals surface area contributed by atoms with Crippen molar-refractivity contribution in [1.29, 1.82) is 0 Å². The van der Waals surface area contributed by atoms with Gasteiger partial charge in [-0.1, -0.05) is 0 Å². The van der Waals surface area contributed by atoms with E-state index >= 15 is 0 Å². The molecule has 1 aromatic carbocycles. The van der Waals surface area contributed by atoms with Crippen molar-refractivity contribution in [2.45, 2.75) is 19.4 Å². The number of esters is 1. The van der Waals surface area contributed by atoms with E-state index in [0.29, 0.717) is 19.6 Å². The van der Waals surface area contributed by atoms with Crippen molar-refractivity contribution in [3.8, 4) is 0 Å². The maximum absolute atomic E-state index is 13.5. The summed E-state index contributed by atoms with van der Waals surface area (Å²) >= 11 is 0. The van der Waals surface area contributed by atoms with Gasteiger partial charge in [0.25, 0.3) is 5.91 Å². The predicted molar refractivity (Wildman–Crippen MR) is 75.2 cm³/mol. The molecule has 3 N–H and O–H groups in total. The first-order valence-corrected chi connectivity index (χ1v) is 6.48. The maximum atomic E-state index is 13.5. The Balaban J connectivity index is 2.53. The second-order valence-electron chi connectivity index (χ2n) is 4.42. The Labute approximate surface area is 122 Å². The number of amides is 1. The van der Waals surface area contributed by atoms with E-state index in [4.69, 9.17) is 15.2 Å². The van der Waals surface area contributed by atoms with Crippen LogP contribution < -0.4 is 11.1 Å². The van der Waals surface area contributed by atoms with E-state index in [1.807, 2.05) is 0 Å². The number of carbonyl (C=O) groups is 2. The van der Waals surface area contributed by atoms with Crippen LogP contribution in [0.25, 0.3) is 0 Å². The van der Waals surface area contributed by atoms with E-state index in [2.05, 4.69) is 5.32 Å². The Hall–Kier alpha value is -2.15. The summed E-state index contributed by atoms with van der Waals surface area (Å²) < 4.78 is 23.2. The molecule has 0 radical (unpaired) electrons. The lowest BCUT2D eigenvalue weighted by Crippen LogP contribution is -2.36. The van der Waals surface area contributed by atoms with Crippen LogP contribution in [0.5, 0.6) is 0 Å². The number of nitrogen functional groups attached to an aromatic ring is 1. The minimum atomic E-state index is -1.03. The highest BCUT2D eigenvalue weighted by Crippen LogP contribution is 2.14. The van der Waals surface area contributed by atoms with E-state index in [9.17, 15) is 14.0 Å². The highest BCUT2D eigenvalue weighted by atomic mass is 19.1. The Bertz CT molecular complexity index is 508. The molecule has 0 saturated heterocycles. The van der Waals surface area contributed by atoms with Crippen molar-refractivity contribution in [2.24, 2.45) is 0 Å². The molecule has 0 aliphatic heterocycles. The monoisotopic (exact) mass is 298 g/mol. The lowest BCUT2D eigenvalue weighted by molar-refractivity contribution is -0.129. The number of nitrogens with two attached hydrogens (primary N) is 1. The molecule has 0 bridgehead atoms. The number of rotatable bonds is 7. The predicted octanol–water partition coefficient (Wildman–Crippen LogP) is 1.11. The highest BCUT2D eigenvalue weighted by Gasteiger charge is 2.20. The third-order valence-electron chi connectivity index (χ3n) is 2.69. The smallest absolute Gasteiger partial charge is 0.341 e. The van der Waals surface area contributed by atoms with Crippen molar-refractivity contribution in [3.05, 3.63) is 29.6 Å². The normalized spacial score (nSPS) is 11.8. The Morgan fingerprint density at radius 2 is 2.14 bits per heavy atom. The summed E-state index contributed by atoms with van der Waals surface area (Å²) in [5.74, 6) is -2.13. The number of halogens is 1. The van der Waals surface area contributed by atoms with Gasteiger partial charge in [-0.15, -0.1) is 0 Å². The molecule has 0 spiro atoms. The van der Waals surface area contributed by atoms with Crippen molar-refractivity contribution >= 4 is 17.6 Å². The summed E-state index contributed by atoms with van der Waals surface area (Å²) in [4.78, 5) is 23.5. The number of methoxy groups -OCH3 is 1. The maximum Gasteiger partial charge on any atom is 0.341 e. The molecule has 7 heteroatoms. The van der Waals surface area contributed by atoms with E-state index in [1.165, 1.54) is 19.1 Å². The summed E-state index contributed by atoms with van der Waals surface area (Å²) in [6.45, 7) is 2.33. The number of hydrogen-bond donors (Lipinski definition) is 2.